The van der Waals surface area contributed by atoms with Crippen molar-refractivity contribution in [1.29, 1.82) is 0 Å². The number of thiazole rings is 1. The molecule has 0 saturated carbocycles. The molecule has 0 aliphatic rings. The summed E-state index contributed by atoms with van der Waals surface area (Å²) in [4.78, 5) is 20.3. The zero-order valence-corrected chi connectivity index (χ0v) is 10.6. The monoisotopic (exact) mass is 260 g/mol. The van der Waals surface area contributed by atoms with E-state index in [4.69, 9.17) is 0 Å². The average Bonchev–Trinajstić information content (AvgIpc) is 2.76. The van der Waals surface area contributed by atoms with Crippen LogP contribution in [0.4, 0.5) is 0 Å². The largest absolute Gasteiger partial charge is 0.279 e. The van der Waals surface area contributed by atoms with E-state index in [1.807, 2.05) is 30.5 Å². The van der Waals surface area contributed by atoms with Gasteiger partial charge >= 0.3 is 0 Å². The molecule has 0 spiro atoms. The van der Waals surface area contributed by atoms with Crippen molar-refractivity contribution in [3.8, 4) is 10.7 Å². The van der Waals surface area contributed by atoms with Gasteiger partial charge in [0.25, 0.3) is 5.56 Å². The van der Waals surface area contributed by atoms with Crippen LogP contribution in [0.3, 0.4) is 0 Å². The lowest BCUT2D eigenvalue weighted by molar-refractivity contribution is 1.25. The van der Waals surface area contributed by atoms with Gasteiger partial charge in [0.05, 0.1) is 10.4 Å². The van der Waals surface area contributed by atoms with E-state index >= 15 is 0 Å². The van der Waals surface area contributed by atoms with Crippen LogP contribution < -0.4 is 5.56 Å². The Hall–Kier alpha value is -1.59. The van der Waals surface area contributed by atoms with E-state index in [-0.39, 0.29) is 5.56 Å². The van der Waals surface area contributed by atoms with Crippen LogP contribution in [-0.4, -0.2) is 9.97 Å². The standard InChI is InChI=1S/C12H8N2OS2/c1-7-13-9(6-16-7)12-14-11(15)8-4-2-3-5-10(8)17-12/h2-6H,1H3. The Bertz CT molecular complexity index is 745. The maximum absolute atomic E-state index is 11.9. The molecule has 0 atom stereocenters. The zero-order chi connectivity index (χ0) is 11.8. The first-order chi connectivity index (χ1) is 8.24. The van der Waals surface area contributed by atoms with Gasteiger partial charge in [-0.3, -0.25) is 4.79 Å². The van der Waals surface area contributed by atoms with Crippen molar-refractivity contribution in [3.63, 3.8) is 0 Å². The molecule has 3 aromatic rings. The molecular formula is C12H8N2OS2. The number of benzene rings is 1. The summed E-state index contributed by atoms with van der Waals surface area (Å²) in [5.41, 5.74) is 0.611. The molecule has 0 N–H and O–H groups in total. The Morgan fingerprint density at radius 3 is 2.76 bits per heavy atom. The van der Waals surface area contributed by atoms with E-state index in [0.717, 1.165) is 15.4 Å². The molecule has 0 aliphatic heterocycles. The summed E-state index contributed by atoms with van der Waals surface area (Å²) in [6, 6.07) is 7.52. The van der Waals surface area contributed by atoms with Crippen LogP contribution in [0.25, 0.3) is 20.8 Å². The van der Waals surface area contributed by atoms with Gasteiger partial charge < -0.3 is 0 Å². The first-order valence-electron chi connectivity index (χ1n) is 5.06. The molecular weight excluding hydrogens is 252 g/mol. The SMILES string of the molecule is Cc1nc(-c2nc(=O)c3ccccc3s2)cs1. The minimum Gasteiger partial charge on any atom is -0.267 e. The number of nitrogens with zero attached hydrogens (tertiary/aromatic N) is 2. The normalized spacial score (nSPS) is 10.9. The van der Waals surface area contributed by atoms with Crippen molar-refractivity contribution >= 4 is 32.8 Å². The number of aryl methyl sites for hydroxylation is 1. The van der Waals surface area contributed by atoms with Gasteiger partial charge in [-0.1, -0.05) is 12.1 Å². The summed E-state index contributed by atoms with van der Waals surface area (Å²) in [6.07, 6.45) is 0. The van der Waals surface area contributed by atoms with Crippen LogP contribution in [0.15, 0.2) is 34.4 Å². The molecule has 0 bridgehead atoms. The molecule has 1 aromatic carbocycles. The summed E-state index contributed by atoms with van der Waals surface area (Å²) < 4.78 is 0.952. The number of hydrogen-bond acceptors (Lipinski definition) is 5. The first kappa shape index (κ1) is 10.6. The molecule has 0 amide bonds. The molecule has 5 heteroatoms. The van der Waals surface area contributed by atoms with E-state index in [1.165, 1.54) is 11.3 Å². The van der Waals surface area contributed by atoms with Crippen LogP contribution in [-0.2, 0) is 0 Å². The van der Waals surface area contributed by atoms with Gasteiger partial charge in [-0.05, 0) is 19.1 Å². The molecule has 3 nitrogen and oxygen atoms in total. The first-order valence-corrected chi connectivity index (χ1v) is 6.76. The van der Waals surface area contributed by atoms with E-state index in [1.54, 1.807) is 17.4 Å². The Balaban J connectivity index is 2.29. The Kier molecular flexibility index (Phi) is 2.49. The van der Waals surface area contributed by atoms with Gasteiger partial charge in [-0.25, -0.2) is 4.98 Å². The Labute approximate surface area is 105 Å². The van der Waals surface area contributed by atoms with Gasteiger partial charge in [0.15, 0.2) is 0 Å². The van der Waals surface area contributed by atoms with E-state index in [9.17, 15) is 4.79 Å². The third-order valence-electron chi connectivity index (χ3n) is 2.37. The molecule has 3 rings (SSSR count). The highest BCUT2D eigenvalue weighted by Gasteiger charge is 2.08. The summed E-state index contributed by atoms with van der Waals surface area (Å²) in [5, 5.41) is 4.28. The quantitative estimate of drug-likeness (QED) is 0.675. The van der Waals surface area contributed by atoms with Crippen LogP contribution in [0, 0.1) is 6.92 Å². The molecule has 2 heterocycles. The molecule has 84 valence electrons. The molecule has 0 saturated heterocycles. The highest BCUT2D eigenvalue weighted by molar-refractivity contribution is 7.21. The van der Waals surface area contributed by atoms with Crippen molar-refractivity contribution < 1.29 is 0 Å². The van der Waals surface area contributed by atoms with Gasteiger partial charge in [-0.15, -0.1) is 22.7 Å². The smallest absolute Gasteiger partial charge is 0.267 e. The highest BCUT2D eigenvalue weighted by atomic mass is 32.1. The number of rotatable bonds is 1. The van der Waals surface area contributed by atoms with Crippen molar-refractivity contribution in [1.82, 2.24) is 9.97 Å². The summed E-state index contributed by atoms with van der Waals surface area (Å²) >= 11 is 3.06. The van der Waals surface area contributed by atoms with Gasteiger partial charge in [0.2, 0.25) is 0 Å². The van der Waals surface area contributed by atoms with E-state index < -0.39 is 0 Å². The fourth-order valence-electron chi connectivity index (χ4n) is 1.58. The summed E-state index contributed by atoms with van der Waals surface area (Å²) in [6.45, 7) is 1.94. The molecule has 2 aromatic heterocycles. The Morgan fingerprint density at radius 2 is 2.00 bits per heavy atom. The predicted octanol–water partition coefficient (Wildman–Crippen LogP) is 3.09. The van der Waals surface area contributed by atoms with Crippen LogP contribution >= 0.6 is 22.7 Å². The lowest BCUT2D eigenvalue weighted by Gasteiger charge is -1.97. The minimum absolute atomic E-state index is 0.181. The van der Waals surface area contributed by atoms with E-state index in [2.05, 4.69) is 9.97 Å². The second kappa shape index (κ2) is 4.01. The Morgan fingerprint density at radius 1 is 1.18 bits per heavy atom. The third-order valence-corrected chi connectivity index (χ3v) is 4.21. The van der Waals surface area contributed by atoms with Gasteiger partial charge in [0, 0.05) is 10.1 Å². The molecule has 17 heavy (non-hydrogen) atoms. The second-order valence-electron chi connectivity index (χ2n) is 3.57. The maximum atomic E-state index is 11.9. The van der Waals surface area contributed by atoms with Gasteiger partial charge in [0.1, 0.15) is 10.7 Å². The van der Waals surface area contributed by atoms with E-state index in [0.29, 0.717) is 10.4 Å². The number of hydrogen-bond donors (Lipinski definition) is 0. The van der Waals surface area contributed by atoms with Crippen molar-refractivity contribution in [2.75, 3.05) is 0 Å². The summed E-state index contributed by atoms with van der Waals surface area (Å²) in [5.74, 6) is 0. The fourth-order valence-corrected chi connectivity index (χ4v) is 3.21. The van der Waals surface area contributed by atoms with Gasteiger partial charge in [-0.2, -0.15) is 4.98 Å². The lowest BCUT2D eigenvalue weighted by Crippen LogP contribution is -2.05. The van der Waals surface area contributed by atoms with Crippen LogP contribution in [0.5, 0.6) is 0 Å². The van der Waals surface area contributed by atoms with Crippen molar-refractivity contribution in [3.05, 3.63) is 45.0 Å². The van der Waals surface area contributed by atoms with Crippen molar-refractivity contribution in [2.45, 2.75) is 6.92 Å². The van der Waals surface area contributed by atoms with Crippen LogP contribution in [0.1, 0.15) is 5.01 Å². The zero-order valence-electron chi connectivity index (χ0n) is 9.01. The lowest BCUT2D eigenvalue weighted by atomic mass is 10.3. The molecule has 0 aliphatic carbocycles. The maximum Gasteiger partial charge on any atom is 0.279 e. The predicted molar refractivity (Wildman–Crippen MR) is 71.7 cm³/mol. The number of aromatic nitrogens is 2. The topological polar surface area (TPSA) is 42.9 Å². The molecule has 0 fully saturated rings. The molecule has 0 unspecified atom stereocenters. The second-order valence-corrected chi connectivity index (χ2v) is 5.66. The minimum atomic E-state index is -0.181. The fraction of sp³-hybridized carbons (Fsp3) is 0.0833. The molecule has 0 radical (unpaired) electrons. The summed E-state index contributed by atoms with van der Waals surface area (Å²) in [7, 11) is 0. The average molecular weight is 260 g/mol. The highest BCUT2D eigenvalue weighted by Crippen LogP contribution is 2.26. The number of fused-ring (bicyclic) bond motifs is 1. The third kappa shape index (κ3) is 1.87. The van der Waals surface area contributed by atoms with Crippen molar-refractivity contribution in [2.24, 2.45) is 0 Å². The van der Waals surface area contributed by atoms with Crippen LogP contribution in [0.2, 0.25) is 0 Å².